The maximum absolute atomic E-state index is 5.48. The quantitative estimate of drug-likeness (QED) is 0.795. The first kappa shape index (κ1) is 16.4. The van der Waals surface area contributed by atoms with Crippen LogP contribution in [-0.4, -0.2) is 29.6 Å². The lowest BCUT2D eigenvalue weighted by atomic mass is 10.2. The summed E-state index contributed by atoms with van der Waals surface area (Å²) in [6, 6.07) is 13.0. The predicted octanol–water partition coefficient (Wildman–Crippen LogP) is 4.18. The number of aryl methyl sites for hydroxylation is 1. The monoisotopic (exact) mass is 345 g/mol. The zero-order chi connectivity index (χ0) is 16.1. The second-order valence-electron chi connectivity index (χ2n) is 5.92. The first-order valence-electron chi connectivity index (χ1n) is 8.12. The van der Waals surface area contributed by atoms with Crippen molar-refractivity contribution in [3.8, 4) is 0 Å². The molecule has 0 unspecified atom stereocenters. The Kier molecular flexibility index (Phi) is 5.65. The Morgan fingerprint density at radius 3 is 2.70 bits per heavy atom. The van der Waals surface area contributed by atoms with Gasteiger partial charge in [-0.05, 0) is 68.1 Å². The predicted molar refractivity (Wildman–Crippen MR) is 103 cm³/mol. The number of anilines is 1. The van der Waals surface area contributed by atoms with E-state index in [2.05, 4.69) is 52.1 Å². The molecule has 3 nitrogen and oxygen atoms in total. The van der Waals surface area contributed by atoms with Crippen molar-refractivity contribution in [1.29, 1.82) is 0 Å². The van der Waals surface area contributed by atoms with Gasteiger partial charge in [-0.25, -0.2) is 0 Å². The maximum atomic E-state index is 5.48. The topological polar surface area (TPSA) is 27.3 Å². The molecule has 0 aliphatic carbocycles. The summed E-state index contributed by atoms with van der Waals surface area (Å²) in [6.07, 6.45) is 2.60. The molecule has 0 radical (unpaired) electrons. The summed E-state index contributed by atoms with van der Waals surface area (Å²) in [6.45, 7) is 5.30. The van der Waals surface area contributed by atoms with Gasteiger partial charge in [0, 0.05) is 17.1 Å². The van der Waals surface area contributed by atoms with Gasteiger partial charge in [0.15, 0.2) is 5.11 Å². The molecule has 1 saturated heterocycles. The van der Waals surface area contributed by atoms with E-state index < -0.39 is 0 Å². The van der Waals surface area contributed by atoms with Crippen molar-refractivity contribution in [2.75, 3.05) is 25.0 Å². The van der Waals surface area contributed by atoms with Crippen LogP contribution in [0.2, 0.25) is 0 Å². The Labute approximate surface area is 147 Å². The number of nitrogens with one attached hydrogen (secondary N) is 2. The van der Waals surface area contributed by atoms with Crippen LogP contribution < -0.4 is 10.6 Å². The minimum absolute atomic E-state index is 0.411. The van der Waals surface area contributed by atoms with Gasteiger partial charge in [0.05, 0.1) is 6.04 Å². The van der Waals surface area contributed by atoms with Gasteiger partial charge in [-0.2, -0.15) is 0 Å². The summed E-state index contributed by atoms with van der Waals surface area (Å²) in [7, 11) is 0. The Morgan fingerprint density at radius 1 is 1.22 bits per heavy atom. The van der Waals surface area contributed by atoms with Gasteiger partial charge >= 0.3 is 0 Å². The molecular formula is C18H23N3S2. The van der Waals surface area contributed by atoms with Gasteiger partial charge in [-0.1, -0.05) is 24.3 Å². The van der Waals surface area contributed by atoms with Gasteiger partial charge in [0.25, 0.3) is 0 Å². The first-order valence-corrected chi connectivity index (χ1v) is 9.41. The fraction of sp³-hybridized carbons (Fsp3) is 0.389. The summed E-state index contributed by atoms with van der Waals surface area (Å²) in [5.74, 6) is 0. The largest absolute Gasteiger partial charge is 0.360 e. The Morgan fingerprint density at radius 2 is 2.00 bits per heavy atom. The molecule has 2 N–H and O–H groups in total. The molecule has 5 heteroatoms. The molecule has 23 heavy (non-hydrogen) atoms. The summed E-state index contributed by atoms with van der Waals surface area (Å²) in [5, 5.41) is 9.57. The third-order valence-corrected chi connectivity index (χ3v) is 5.52. The molecule has 3 rings (SSSR count). The Hall–Kier alpha value is -1.43. The summed E-state index contributed by atoms with van der Waals surface area (Å²) < 4.78 is 0. The number of para-hydroxylation sites is 1. The molecule has 1 aliphatic rings. The number of nitrogens with zero attached hydrogens (tertiary/aromatic N) is 1. The zero-order valence-corrected chi connectivity index (χ0v) is 15.1. The number of thiophene rings is 1. The molecule has 2 aromatic rings. The van der Waals surface area contributed by atoms with Crippen LogP contribution in [-0.2, 0) is 0 Å². The van der Waals surface area contributed by atoms with Crippen LogP contribution in [0.15, 0.2) is 41.8 Å². The molecular weight excluding hydrogens is 322 g/mol. The first-order chi connectivity index (χ1) is 11.2. The molecule has 0 saturated carbocycles. The van der Waals surface area contributed by atoms with Crippen LogP contribution in [0.1, 0.15) is 29.3 Å². The molecule has 1 aromatic carbocycles. The van der Waals surface area contributed by atoms with Crippen LogP contribution in [0.3, 0.4) is 0 Å². The maximum Gasteiger partial charge on any atom is 0.170 e. The molecule has 1 aromatic heterocycles. The van der Waals surface area contributed by atoms with Gasteiger partial charge in [-0.15, -0.1) is 11.3 Å². The van der Waals surface area contributed by atoms with Crippen LogP contribution in [0.5, 0.6) is 0 Å². The highest BCUT2D eigenvalue weighted by Gasteiger charge is 2.24. The van der Waals surface area contributed by atoms with E-state index in [-0.39, 0.29) is 0 Å². The van der Waals surface area contributed by atoms with E-state index in [1.54, 1.807) is 0 Å². The zero-order valence-electron chi connectivity index (χ0n) is 13.4. The van der Waals surface area contributed by atoms with E-state index in [9.17, 15) is 0 Å². The van der Waals surface area contributed by atoms with E-state index in [1.165, 1.54) is 36.4 Å². The smallest absolute Gasteiger partial charge is 0.170 e. The van der Waals surface area contributed by atoms with Gasteiger partial charge < -0.3 is 10.6 Å². The highest BCUT2D eigenvalue weighted by atomic mass is 32.1. The second-order valence-corrected chi connectivity index (χ2v) is 7.31. The van der Waals surface area contributed by atoms with E-state index >= 15 is 0 Å². The standard InChI is InChI=1S/C18H23N3S2/c1-14-7-2-3-8-15(14)20-18(22)19-13-16(17-9-6-12-23-17)21-10-4-5-11-21/h2-3,6-9,12,16H,4-5,10-11,13H2,1H3,(H2,19,20,22)/t16-/m1/s1. The number of rotatable bonds is 5. The van der Waals surface area contributed by atoms with Crippen LogP contribution in [0, 0.1) is 6.92 Å². The molecule has 1 fully saturated rings. The lowest BCUT2D eigenvalue weighted by molar-refractivity contribution is 0.249. The second kappa shape index (κ2) is 7.90. The molecule has 1 atom stereocenters. The minimum atomic E-state index is 0.411. The minimum Gasteiger partial charge on any atom is -0.360 e. The number of hydrogen-bond acceptors (Lipinski definition) is 3. The molecule has 122 valence electrons. The molecule has 2 heterocycles. The highest BCUT2D eigenvalue weighted by Crippen LogP contribution is 2.27. The van der Waals surface area contributed by atoms with Gasteiger partial charge in [0.1, 0.15) is 0 Å². The summed E-state index contributed by atoms with van der Waals surface area (Å²) >= 11 is 7.31. The van der Waals surface area contributed by atoms with Crippen molar-refractivity contribution in [1.82, 2.24) is 10.2 Å². The van der Waals surface area contributed by atoms with Crippen molar-refractivity contribution < 1.29 is 0 Å². The van der Waals surface area contributed by atoms with Crippen molar-refractivity contribution in [3.05, 3.63) is 52.2 Å². The van der Waals surface area contributed by atoms with Crippen molar-refractivity contribution in [2.24, 2.45) is 0 Å². The van der Waals surface area contributed by atoms with Crippen molar-refractivity contribution in [2.45, 2.75) is 25.8 Å². The van der Waals surface area contributed by atoms with E-state index in [4.69, 9.17) is 12.2 Å². The summed E-state index contributed by atoms with van der Waals surface area (Å²) in [5.41, 5.74) is 2.27. The number of likely N-dealkylation sites (tertiary alicyclic amines) is 1. The van der Waals surface area contributed by atoms with Gasteiger partial charge in [-0.3, -0.25) is 4.90 Å². The van der Waals surface area contributed by atoms with E-state index in [1.807, 2.05) is 23.5 Å². The fourth-order valence-corrected chi connectivity index (χ4v) is 4.07. The Balaban J connectivity index is 1.60. The number of hydrogen-bond donors (Lipinski definition) is 2. The van der Waals surface area contributed by atoms with Crippen LogP contribution in [0.25, 0.3) is 0 Å². The van der Waals surface area contributed by atoms with Crippen LogP contribution >= 0.6 is 23.6 Å². The highest BCUT2D eigenvalue weighted by molar-refractivity contribution is 7.80. The lowest BCUT2D eigenvalue weighted by Gasteiger charge is -2.27. The average Bonchev–Trinajstić information content (AvgIpc) is 3.23. The molecule has 0 bridgehead atoms. The van der Waals surface area contributed by atoms with Crippen molar-refractivity contribution in [3.63, 3.8) is 0 Å². The van der Waals surface area contributed by atoms with Crippen molar-refractivity contribution >= 4 is 34.4 Å². The third-order valence-electron chi connectivity index (χ3n) is 4.30. The number of benzene rings is 1. The molecule has 0 amide bonds. The van der Waals surface area contributed by atoms with E-state index in [0.29, 0.717) is 11.2 Å². The number of thiocarbonyl (C=S) groups is 1. The average molecular weight is 346 g/mol. The van der Waals surface area contributed by atoms with Crippen LogP contribution in [0.4, 0.5) is 5.69 Å². The SMILES string of the molecule is Cc1ccccc1NC(=S)NC[C@H](c1cccs1)N1CCCC1. The Bertz CT molecular complexity index is 633. The molecule has 1 aliphatic heterocycles. The summed E-state index contributed by atoms with van der Waals surface area (Å²) in [4.78, 5) is 3.98. The normalized spacial score (nSPS) is 16.2. The third kappa shape index (κ3) is 4.31. The van der Waals surface area contributed by atoms with E-state index in [0.717, 1.165) is 12.2 Å². The fourth-order valence-electron chi connectivity index (χ4n) is 3.01. The van der Waals surface area contributed by atoms with Gasteiger partial charge in [0.2, 0.25) is 0 Å². The molecule has 0 spiro atoms. The lowest BCUT2D eigenvalue weighted by Crippen LogP contribution is -2.38.